The number of hydrogen-bond acceptors (Lipinski definition) is 4. The normalized spacial score (nSPS) is 11.4. The summed E-state index contributed by atoms with van der Waals surface area (Å²) in [7, 11) is 0. The van der Waals surface area contributed by atoms with Crippen LogP contribution in [0.25, 0.3) is 5.69 Å². The van der Waals surface area contributed by atoms with Crippen molar-refractivity contribution >= 4 is 11.6 Å². The molecule has 1 amide bonds. The molecule has 1 aromatic heterocycles. The van der Waals surface area contributed by atoms with E-state index in [0.717, 1.165) is 24.1 Å². The molecule has 1 N–H and O–H groups in total. The molecule has 158 valence electrons. The minimum atomic E-state index is -0.305. The molecular weight excluding hydrogens is 376 g/mol. The van der Waals surface area contributed by atoms with Crippen LogP contribution in [0, 0.1) is 6.92 Å². The summed E-state index contributed by atoms with van der Waals surface area (Å²) < 4.78 is 7.60. The predicted molar refractivity (Wildman–Crippen MR) is 120 cm³/mol. The lowest BCUT2D eigenvalue weighted by Crippen LogP contribution is -2.17. The van der Waals surface area contributed by atoms with E-state index >= 15 is 0 Å². The van der Waals surface area contributed by atoms with Crippen molar-refractivity contribution in [2.24, 2.45) is 0 Å². The molecule has 0 aliphatic rings. The number of hydrogen-bond donors (Lipinski definition) is 1. The van der Waals surface area contributed by atoms with Gasteiger partial charge in [-0.3, -0.25) is 4.79 Å². The van der Waals surface area contributed by atoms with Crippen molar-refractivity contribution in [2.45, 2.75) is 52.9 Å². The Balaban J connectivity index is 1.89. The van der Waals surface area contributed by atoms with Gasteiger partial charge in [0.05, 0.1) is 23.7 Å². The lowest BCUT2D eigenvalue weighted by Gasteiger charge is -2.21. The first-order chi connectivity index (χ1) is 14.3. The van der Waals surface area contributed by atoms with Gasteiger partial charge < -0.3 is 10.1 Å². The highest BCUT2D eigenvalue weighted by atomic mass is 16.5. The summed E-state index contributed by atoms with van der Waals surface area (Å²) in [5.41, 5.74) is 3.55. The van der Waals surface area contributed by atoms with Gasteiger partial charge in [0, 0.05) is 0 Å². The molecule has 0 atom stereocenters. The predicted octanol–water partition coefficient (Wildman–Crippen LogP) is 5.30. The van der Waals surface area contributed by atoms with Crippen LogP contribution in [-0.2, 0) is 5.41 Å². The molecule has 1 heterocycles. The summed E-state index contributed by atoms with van der Waals surface area (Å²) >= 11 is 0. The van der Waals surface area contributed by atoms with E-state index in [4.69, 9.17) is 4.74 Å². The highest BCUT2D eigenvalue weighted by molar-refractivity contribution is 6.04. The Hall–Kier alpha value is -3.15. The van der Waals surface area contributed by atoms with Crippen LogP contribution >= 0.6 is 0 Å². The Kier molecular flexibility index (Phi) is 6.55. The first-order valence-corrected chi connectivity index (χ1v) is 10.4. The summed E-state index contributed by atoms with van der Waals surface area (Å²) in [4.78, 5) is 13.0. The van der Waals surface area contributed by atoms with Gasteiger partial charge in [0.25, 0.3) is 5.91 Å². The monoisotopic (exact) mass is 406 g/mol. The average molecular weight is 407 g/mol. The van der Waals surface area contributed by atoms with Gasteiger partial charge in [-0.2, -0.15) is 0 Å². The van der Waals surface area contributed by atoms with E-state index in [0.29, 0.717) is 29.4 Å². The van der Waals surface area contributed by atoms with Gasteiger partial charge in [-0.05, 0) is 48.6 Å². The maximum absolute atomic E-state index is 13.0. The third-order valence-electron chi connectivity index (χ3n) is 4.96. The molecule has 0 radical (unpaired) electrons. The topological polar surface area (TPSA) is 69.0 Å². The third-order valence-corrected chi connectivity index (χ3v) is 4.96. The maximum atomic E-state index is 13.0. The molecule has 0 fully saturated rings. The molecule has 0 aliphatic carbocycles. The van der Waals surface area contributed by atoms with Crippen LogP contribution in [0.2, 0.25) is 0 Å². The van der Waals surface area contributed by atoms with Crippen LogP contribution in [-0.4, -0.2) is 27.5 Å². The summed E-state index contributed by atoms with van der Waals surface area (Å²) in [6, 6.07) is 15.6. The standard InChI is InChI=1S/C24H30N4O2/c1-6-7-15-30-21-14-13-18(24(3,4)5)16-20(21)25-23(29)22-17(2)28(27-26-22)19-11-9-8-10-12-19/h8-14,16H,6-7,15H2,1-5H3,(H,25,29). The van der Waals surface area contributed by atoms with Crippen molar-refractivity contribution in [3.63, 3.8) is 0 Å². The summed E-state index contributed by atoms with van der Waals surface area (Å²) in [5.74, 6) is 0.360. The first-order valence-electron chi connectivity index (χ1n) is 10.4. The van der Waals surface area contributed by atoms with Gasteiger partial charge in [-0.15, -0.1) is 5.10 Å². The molecule has 0 unspecified atom stereocenters. The largest absolute Gasteiger partial charge is 0.491 e. The van der Waals surface area contributed by atoms with Gasteiger partial charge >= 0.3 is 0 Å². The van der Waals surface area contributed by atoms with E-state index in [1.54, 1.807) is 4.68 Å². The van der Waals surface area contributed by atoms with Crippen molar-refractivity contribution in [3.8, 4) is 11.4 Å². The molecule has 0 aliphatic heterocycles. The number of nitrogens with zero attached hydrogens (tertiary/aromatic N) is 3. The van der Waals surface area contributed by atoms with Crippen LogP contribution < -0.4 is 10.1 Å². The van der Waals surface area contributed by atoms with E-state index < -0.39 is 0 Å². The molecule has 0 bridgehead atoms. The smallest absolute Gasteiger partial charge is 0.278 e. The number of anilines is 1. The van der Waals surface area contributed by atoms with Gasteiger partial charge in [0.1, 0.15) is 5.75 Å². The van der Waals surface area contributed by atoms with E-state index in [-0.39, 0.29) is 11.3 Å². The number of carbonyl (C=O) groups is 1. The molecule has 0 spiro atoms. The Morgan fingerprint density at radius 3 is 2.53 bits per heavy atom. The lowest BCUT2D eigenvalue weighted by molar-refractivity contribution is 0.102. The molecule has 2 aromatic carbocycles. The molecule has 3 rings (SSSR count). The van der Waals surface area contributed by atoms with E-state index in [1.807, 2.05) is 55.5 Å². The number of unbranched alkanes of at least 4 members (excludes halogenated alkanes) is 1. The minimum absolute atomic E-state index is 0.0478. The van der Waals surface area contributed by atoms with Crippen LogP contribution in [0.5, 0.6) is 5.75 Å². The number of aromatic nitrogens is 3. The fourth-order valence-corrected chi connectivity index (χ4v) is 3.08. The summed E-state index contributed by atoms with van der Waals surface area (Å²) in [5, 5.41) is 11.3. The van der Waals surface area contributed by atoms with Crippen LogP contribution in [0.3, 0.4) is 0 Å². The van der Waals surface area contributed by atoms with Crippen LogP contribution in [0.15, 0.2) is 48.5 Å². The summed E-state index contributed by atoms with van der Waals surface area (Å²) in [6.45, 7) is 11.0. The molecule has 6 nitrogen and oxygen atoms in total. The van der Waals surface area contributed by atoms with Crippen molar-refractivity contribution in [1.82, 2.24) is 15.0 Å². The van der Waals surface area contributed by atoms with Crippen molar-refractivity contribution in [2.75, 3.05) is 11.9 Å². The molecular formula is C24H30N4O2. The molecule has 3 aromatic rings. The number of rotatable bonds is 7. The van der Waals surface area contributed by atoms with E-state index in [1.165, 1.54) is 0 Å². The van der Waals surface area contributed by atoms with Crippen molar-refractivity contribution in [1.29, 1.82) is 0 Å². The second-order valence-electron chi connectivity index (χ2n) is 8.39. The van der Waals surface area contributed by atoms with E-state index in [9.17, 15) is 4.79 Å². The average Bonchev–Trinajstić information content (AvgIpc) is 3.10. The van der Waals surface area contributed by atoms with E-state index in [2.05, 4.69) is 43.3 Å². The number of ether oxygens (including phenoxy) is 1. The van der Waals surface area contributed by atoms with Crippen molar-refractivity contribution < 1.29 is 9.53 Å². The summed E-state index contributed by atoms with van der Waals surface area (Å²) in [6.07, 6.45) is 2.00. The van der Waals surface area contributed by atoms with Crippen molar-refractivity contribution in [3.05, 3.63) is 65.5 Å². The number of para-hydroxylation sites is 1. The Labute approximate surface area is 178 Å². The third kappa shape index (κ3) is 4.87. The Morgan fingerprint density at radius 2 is 1.87 bits per heavy atom. The van der Waals surface area contributed by atoms with Gasteiger partial charge in [-0.25, -0.2) is 4.68 Å². The second-order valence-corrected chi connectivity index (χ2v) is 8.39. The number of carbonyl (C=O) groups excluding carboxylic acids is 1. The Bertz CT molecular complexity index is 1000. The zero-order chi connectivity index (χ0) is 21.7. The van der Waals surface area contributed by atoms with Gasteiger partial charge in [0.2, 0.25) is 0 Å². The number of benzene rings is 2. The molecule has 0 saturated carbocycles. The maximum Gasteiger partial charge on any atom is 0.278 e. The number of amides is 1. The quantitative estimate of drug-likeness (QED) is 0.540. The minimum Gasteiger partial charge on any atom is -0.491 e. The highest BCUT2D eigenvalue weighted by Crippen LogP contribution is 2.32. The Morgan fingerprint density at radius 1 is 1.13 bits per heavy atom. The molecule has 6 heteroatoms. The fourth-order valence-electron chi connectivity index (χ4n) is 3.08. The zero-order valence-electron chi connectivity index (χ0n) is 18.4. The van der Waals surface area contributed by atoms with Crippen LogP contribution in [0.1, 0.15) is 62.3 Å². The number of nitrogens with one attached hydrogen (secondary N) is 1. The second kappa shape index (κ2) is 9.11. The first kappa shape index (κ1) is 21.6. The van der Waals surface area contributed by atoms with Gasteiger partial charge in [0.15, 0.2) is 5.69 Å². The fraction of sp³-hybridized carbons (Fsp3) is 0.375. The highest BCUT2D eigenvalue weighted by Gasteiger charge is 2.21. The SMILES string of the molecule is CCCCOc1ccc(C(C)(C)C)cc1NC(=O)c1nnn(-c2ccccc2)c1C. The van der Waals surface area contributed by atoms with Gasteiger partial charge in [-0.1, -0.05) is 63.6 Å². The lowest BCUT2D eigenvalue weighted by atomic mass is 9.87. The molecule has 30 heavy (non-hydrogen) atoms. The van der Waals surface area contributed by atoms with Crippen LogP contribution in [0.4, 0.5) is 5.69 Å². The molecule has 0 saturated heterocycles. The zero-order valence-corrected chi connectivity index (χ0v) is 18.4.